The van der Waals surface area contributed by atoms with Gasteiger partial charge in [-0.15, -0.1) is 6.58 Å². The number of hydrogen-bond acceptors (Lipinski definition) is 2. The van der Waals surface area contributed by atoms with Crippen LogP contribution in [-0.2, 0) is 10.0 Å². The molecule has 0 radical (unpaired) electrons. The summed E-state index contributed by atoms with van der Waals surface area (Å²) in [6.07, 6.45) is 1.59. The molecule has 0 bridgehead atoms. The molecule has 0 amide bonds. The molecule has 2 rings (SSSR count). The van der Waals surface area contributed by atoms with Crippen LogP contribution in [-0.4, -0.2) is 19.3 Å². The summed E-state index contributed by atoms with van der Waals surface area (Å²) in [6.45, 7) is 5.76. The molecule has 0 heterocycles. The zero-order valence-corrected chi connectivity index (χ0v) is 13.9. The number of rotatable bonds is 6. The Labute approximate surface area is 136 Å². The molecule has 3 nitrogen and oxygen atoms in total. The Balaban J connectivity index is 2.41. The van der Waals surface area contributed by atoms with Gasteiger partial charge in [-0.25, -0.2) is 8.42 Å². The van der Waals surface area contributed by atoms with Crippen LogP contribution in [0.25, 0.3) is 0 Å². The van der Waals surface area contributed by atoms with Crippen molar-refractivity contribution in [1.29, 1.82) is 0 Å². The lowest BCUT2D eigenvalue weighted by Crippen LogP contribution is -2.33. The molecule has 0 saturated carbocycles. The first-order valence-corrected chi connectivity index (χ1v) is 8.72. The van der Waals surface area contributed by atoms with E-state index in [0.29, 0.717) is 5.02 Å². The predicted octanol–water partition coefficient (Wildman–Crippen LogP) is 4.28. The minimum Gasteiger partial charge on any atom is -0.207 e. The van der Waals surface area contributed by atoms with E-state index in [0.717, 1.165) is 5.56 Å². The zero-order chi connectivity index (χ0) is 16.2. The average molecular weight is 336 g/mol. The van der Waals surface area contributed by atoms with Crippen molar-refractivity contribution in [2.75, 3.05) is 6.54 Å². The van der Waals surface area contributed by atoms with Crippen LogP contribution in [0.5, 0.6) is 0 Å². The van der Waals surface area contributed by atoms with E-state index in [4.69, 9.17) is 11.6 Å². The van der Waals surface area contributed by atoms with Crippen LogP contribution in [0.15, 0.2) is 72.1 Å². The summed E-state index contributed by atoms with van der Waals surface area (Å²) >= 11 is 5.89. The highest BCUT2D eigenvalue weighted by atomic mass is 35.5. The molecule has 0 spiro atoms. The van der Waals surface area contributed by atoms with Crippen molar-refractivity contribution in [3.8, 4) is 0 Å². The second-order valence-electron chi connectivity index (χ2n) is 4.90. The van der Waals surface area contributed by atoms with Crippen LogP contribution in [0.4, 0.5) is 0 Å². The zero-order valence-electron chi connectivity index (χ0n) is 12.3. The smallest absolute Gasteiger partial charge is 0.207 e. The van der Waals surface area contributed by atoms with Gasteiger partial charge in [0.25, 0.3) is 0 Å². The highest BCUT2D eigenvalue weighted by Crippen LogP contribution is 2.28. The maximum absolute atomic E-state index is 12.9. The Hall–Kier alpha value is -1.62. The molecule has 0 N–H and O–H groups in total. The van der Waals surface area contributed by atoms with E-state index in [9.17, 15) is 8.42 Å². The highest BCUT2D eigenvalue weighted by Gasteiger charge is 2.28. The topological polar surface area (TPSA) is 37.4 Å². The molecular weight excluding hydrogens is 318 g/mol. The Kier molecular flexibility index (Phi) is 5.40. The fourth-order valence-corrected chi connectivity index (χ4v) is 3.96. The van der Waals surface area contributed by atoms with Gasteiger partial charge in [0.2, 0.25) is 10.0 Å². The van der Waals surface area contributed by atoms with E-state index >= 15 is 0 Å². The summed E-state index contributed by atoms with van der Waals surface area (Å²) in [6, 6.07) is 15.3. The largest absolute Gasteiger partial charge is 0.243 e. The summed E-state index contributed by atoms with van der Waals surface area (Å²) in [5.41, 5.74) is 0.880. The minimum absolute atomic E-state index is 0.237. The molecule has 0 saturated heterocycles. The Morgan fingerprint density at radius 3 is 2.27 bits per heavy atom. The highest BCUT2D eigenvalue weighted by molar-refractivity contribution is 7.89. The monoisotopic (exact) mass is 335 g/mol. The minimum atomic E-state index is -3.59. The second kappa shape index (κ2) is 7.09. The van der Waals surface area contributed by atoms with Gasteiger partial charge < -0.3 is 0 Å². The maximum Gasteiger partial charge on any atom is 0.243 e. The van der Waals surface area contributed by atoms with E-state index in [2.05, 4.69) is 6.58 Å². The standard InChI is InChI=1S/C17H18ClNO2S/c1-3-13-19(14(2)15-9-11-16(18)12-10-15)22(20,21)17-7-5-4-6-8-17/h3-12,14H,1,13H2,2H3. The molecule has 0 aliphatic carbocycles. The first kappa shape index (κ1) is 16.7. The molecular formula is C17H18ClNO2S. The summed E-state index contributed by atoms with van der Waals surface area (Å²) in [7, 11) is -3.59. The molecule has 0 aromatic heterocycles. The summed E-state index contributed by atoms with van der Waals surface area (Å²) in [4.78, 5) is 0.276. The van der Waals surface area contributed by atoms with E-state index in [1.807, 2.05) is 19.1 Å². The van der Waals surface area contributed by atoms with Gasteiger partial charge >= 0.3 is 0 Å². The first-order chi connectivity index (χ1) is 10.5. The molecule has 0 fully saturated rings. The number of sulfonamides is 1. The summed E-state index contributed by atoms with van der Waals surface area (Å²) in [5, 5.41) is 0.622. The quantitative estimate of drug-likeness (QED) is 0.739. The van der Waals surface area contributed by atoms with E-state index in [-0.39, 0.29) is 17.5 Å². The van der Waals surface area contributed by atoms with Gasteiger partial charge in [0.05, 0.1) is 4.90 Å². The number of halogens is 1. The summed E-state index contributed by atoms with van der Waals surface area (Å²) in [5.74, 6) is 0. The van der Waals surface area contributed by atoms with Gasteiger partial charge in [-0.3, -0.25) is 0 Å². The lowest BCUT2D eigenvalue weighted by atomic mass is 10.1. The number of benzene rings is 2. The predicted molar refractivity (Wildman–Crippen MR) is 90.4 cm³/mol. The van der Waals surface area contributed by atoms with Crippen molar-refractivity contribution in [3.05, 3.63) is 77.8 Å². The Morgan fingerprint density at radius 1 is 1.14 bits per heavy atom. The molecule has 2 aromatic carbocycles. The maximum atomic E-state index is 12.9. The van der Waals surface area contributed by atoms with Crippen LogP contribution >= 0.6 is 11.6 Å². The third-order valence-electron chi connectivity index (χ3n) is 3.44. The second-order valence-corrected chi connectivity index (χ2v) is 7.23. The van der Waals surface area contributed by atoms with Gasteiger partial charge in [0.1, 0.15) is 0 Å². The van der Waals surface area contributed by atoms with E-state index in [1.165, 1.54) is 4.31 Å². The Morgan fingerprint density at radius 2 is 1.73 bits per heavy atom. The third kappa shape index (κ3) is 3.58. The van der Waals surface area contributed by atoms with Gasteiger partial charge in [-0.2, -0.15) is 4.31 Å². The first-order valence-electron chi connectivity index (χ1n) is 6.90. The van der Waals surface area contributed by atoms with Crippen LogP contribution in [0.2, 0.25) is 5.02 Å². The van der Waals surface area contributed by atoms with E-state index < -0.39 is 10.0 Å². The normalized spacial score (nSPS) is 13.0. The molecule has 2 aromatic rings. The van der Waals surface area contributed by atoms with Gasteiger partial charge in [-0.05, 0) is 36.8 Å². The van der Waals surface area contributed by atoms with Crippen molar-refractivity contribution in [1.82, 2.24) is 4.31 Å². The molecule has 1 unspecified atom stereocenters. The molecule has 0 aliphatic heterocycles. The van der Waals surface area contributed by atoms with E-state index in [1.54, 1.807) is 48.5 Å². The van der Waals surface area contributed by atoms with Crippen molar-refractivity contribution >= 4 is 21.6 Å². The van der Waals surface area contributed by atoms with Crippen molar-refractivity contribution in [2.24, 2.45) is 0 Å². The average Bonchev–Trinajstić information content (AvgIpc) is 2.53. The fraction of sp³-hybridized carbons (Fsp3) is 0.176. The molecule has 5 heteroatoms. The van der Waals surface area contributed by atoms with Crippen molar-refractivity contribution in [3.63, 3.8) is 0 Å². The molecule has 1 atom stereocenters. The van der Waals surface area contributed by atoms with Gasteiger partial charge in [-0.1, -0.05) is 48.0 Å². The summed E-state index contributed by atoms with van der Waals surface area (Å²) < 4.78 is 27.1. The molecule has 0 aliphatic rings. The third-order valence-corrected chi connectivity index (χ3v) is 5.65. The Bertz CT molecular complexity index is 727. The van der Waals surface area contributed by atoms with Crippen molar-refractivity contribution in [2.45, 2.75) is 17.9 Å². The number of hydrogen-bond donors (Lipinski definition) is 0. The lowest BCUT2D eigenvalue weighted by molar-refractivity contribution is 0.370. The SMILES string of the molecule is C=CCN(C(C)c1ccc(Cl)cc1)S(=O)(=O)c1ccccc1. The van der Waals surface area contributed by atoms with Crippen molar-refractivity contribution < 1.29 is 8.42 Å². The van der Waals surface area contributed by atoms with Gasteiger partial charge in [0, 0.05) is 17.6 Å². The molecule has 116 valence electrons. The van der Waals surface area contributed by atoms with Crippen LogP contribution < -0.4 is 0 Å². The van der Waals surface area contributed by atoms with Crippen LogP contribution in [0.3, 0.4) is 0 Å². The fourth-order valence-electron chi connectivity index (χ4n) is 2.23. The lowest BCUT2D eigenvalue weighted by Gasteiger charge is -2.27. The molecule has 22 heavy (non-hydrogen) atoms. The number of nitrogens with zero attached hydrogens (tertiary/aromatic N) is 1. The van der Waals surface area contributed by atoms with Gasteiger partial charge in [0.15, 0.2) is 0 Å². The van der Waals surface area contributed by atoms with Crippen LogP contribution in [0.1, 0.15) is 18.5 Å². The van der Waals surface area contributed by atoms with Crippen LogP contribution in [0, 0.1) is 0 Å².